The Balaban J connectivity index is 1.36. The van der Waals surface area contributed by atoms with Crippen molar-refractivity contribution in [2.24, 2.45) is 0 Å². The van der Waals surface area contributed by atoms with Crippen LogP contribution in [-0.4, -0.2) is 63.8 Å². The van der Waals surface area contributed by atoms with Crippen molar-refractivity contribution in [2.75, 3.05) is 0 Å². The number of ether oxygens (including phenoxy) is 2. The molecule has 0 aliphatic heterocycles. The molecule has 36 heavy (non-hydrogen) atoms. The van der Waals surface area contributed by atoms with Gasteiger partial charge in [-0.15, -0.1) is 0 Å². The summed E-state index contributed by atoms with van der Waals surface area (Å²) < 4.78 is 29.3. The van der Waals surface area contributed by atoms with Gasteiger partial charge in [0.1, 0.15) is 0 Å². The van der Waals surface area contributed by atoms with Crippen LogP contribution in [0.1, 0.15) is 135 Å². The van der Waals surface area contributed by atoms with Gasteiger partial charge in [0.25, 0.3) is 0 Å². The monoisotopic (exact) mass is 524 g/mol. The van der Waals surface area contributed by atoms with E-state index in [1.54, 1.807) is 0 Å². The fourth-order valence-electron chi connectivity index (χ4n) is 8.48. The summed E-state index contributed by atoms with van der Waals surface area (Å²) in [7, 11) is -2.48. The number of aliphatic hydroxyl groups excluding tert-OH is 2. The van der Waals surface area contributed by atoms with Gasteiger partial charge in [0, 0.05) is 17.0 Å². The molecule has 3 atom stereocenters. The number of aliphatic hydroxyl groups is 2. The summed E-state index contributed by atoms with van der Waals surface area (Å²) in [4.78, 5) is 0. The molecule has 0 heterocycles. The van der Waals surface area contributed by atoms with Crippen molar-refractivity contribution in [1.82, 2.24) is 0 Å². The molecule has 208 valence electrons. The normalized spacial score (nSPS) is 40.2. The van der Waals surface area contributed by atoms with Gasteiger partial charge >= 0.3 is 0 Å². The molecule has 5 rings (SSSR count). The van der Waals surface area contributed by atoms with Gasteiger partial charge in [0.05, 0.1) is 43.8 Å². The zero-order valence-electron chi connectivity index (χ0n) is 22.6. The Morgan fingerprint density at radius 1 is 0.500 bits per heavy atom. The van der Waals surface area contributed by atoms with Crippen LogP contribution in [0.3, 0.4) is 0 Å². The van der Waals surface area contributed by atoms with E-state index in [2.05, 4.69) is 0 Å². The van der Waals surface area contributed by atoms with Crippen LogP contribution in [0, 0.1) is 0 Å². The second-order valence-corrected chi connectivity index (χ2v) is 16.7. The first-order chi connectivity index (χ1) is 17.5. The van der Waals surface area contributed by atoms with Gasteiger partial charge < -0.3 is 24.3 Å². The van der Waals surface area contributed by atoms with E-state index in [1.165, 1.54) is 38.5 Å². The fraction of sp³-hybridized carbons (Fsp3) is 1.00. The highest BCUT2D eigenvalue weighted by Crippen LogP contribution is 2.68. The van der Waals surface area contributed by atoms with Crippen LogP contribution in [-0.2, 0) is 14.0 Å². The smallest absolute Gasteiger partial charge is 0.0991 e. The molecule has 0 saturated heterocycles. The van der Waals surface area contributed by atoms with Crippen LogP contribution in [0.4, 0.5) is 0 Å². The maximum Gasteiger partial charge on any atom is 0.0991 e. The Kier molecular flexibility index (Phi) is 9.94. The SMILES string of the molecule is O=P(C1CCCCC1)(C1CCCCC1)C1CC(OC2CCC(O)CC2)CCC1OC1CCC(O)CC1. The molecule has 5 fully saturated rings. The molecule has 6 heteroatoms. The summed E-state index contributed by atoms with van der Waals surface area (Å²) >= 11 is 0. The second-order valence-electron chi connectivity index (χ2n) is 13.0. The molecule has 5 aliphatic rings. The van der Waals surface area contributed by atoms with Crippen LogP contribution in [0.25, 0.3) is 0 Å². The van der Waals surface area contributed by atoms with E-state index in [0.29, 0.717) is 11.3 Å². The van der Waals surface area contributed by atoms with Crippen molar-refractivity contribution in [1.29, 1.82) is 0 Å². The first-order valence-corrected chi connectivity index (χ1v) is 17.7. The second kappa shape index (κ2) is 12.9. The van der Waals surface area contributed by atoms with Crippen molar-refractivity contribution in [3.05, 3.63) is 0 Å². The Hall–Kier alpha value is 0.0700. The Morgan fingerprint density at radius 3 is 1.44 bits per heavy atom. The summed E-state index contributed by atoms with van der Waals surface area (Å²) in [6.45, 7) is 0. The average Bonchev–Trinajstić information content (AvgIpc) is 2.92. The third-order valence-corrected chi connectivity index (χ3v) is 15.5. The van der Waals surface area contributed by atoms with Gasteiger partial charge in [-0.3, -0.25) is 0 Å². The summed E-state index contributed by atoms with van der Waals surface area (Å²) in [5.74, 6) is 0. The lowest BCUT2D eigenvalue weighted by atomic mass is 9.91. The lowest BCUT2D eigenvalue weighted by Crippen LogP contribution is -2.46. The van der Waals surface area contributed by atoms with Gasteiger partial charge in [0.2, 0.25) is 0 Å². The minimum absolute atomic E-state index is 0.0907. The third-order valence-electron chi connectivity index (χ3n) is 10.6. The standard InChI is InChI=1S/C30H53O5P/c31-22-11-15-24(16-12-22)34-26-19-20-29(35-25-17-13-23(32)14-18-25)30(21-26)36(33,27-7-3-1-4-8-27)28-9-5-2-6-10-28/h22-32H,1-21H2. The molecule has 0 aromatic carbocycles. The molecule has 5 nitrogen and oxygen atoms in total. The van der Waals surface area contributed by atoms with Crippen molar-refractivity contribution in [3.8, 4) is 0 Å². The zero-order chi connectivity index (χ0) is 25.0. The minimum atomic E-state index is -2.48. The van der Waals surface area contributed by atoms with Gasteiger partial charge in [-0.1, -0.05) is 38.5 Å². The van der Waals surface area contributed by atoms with Gasteiger partial charge in [-0.05, 0) is 96.3 Å². The summed E-state index contributed by atoms with van der Waals surface area (Å²) in [5, 5.41) is 20.0. The van der Waals surface area contributed by atoms with E-state index in [4.69, 9.17) is 9.47 Å². The van der Waals surface area contributed by atoms with Crippen LogP contribution in [0.2, 0.25) is 0 Å². The molecule has 5 saturated carbocycles. The molecular weight excluding hydrogens is 471 g/mol. The highest BCUT2D eigenvalue weighted by atomic mass is 31.2. The topological polar surface area (TPSA) is 76.0 Å². The van der Waals surface area contributed by atoms with E-state index in [-0.39, 0.29) is 42.3 Å². The van der Waals surface area contributed by atoms with E-state index >= 15 is 4.57 Å². The predicted octanol–water partition coefficient (Wildman–Crippen LogP) is 6.94. The molecule has 0 bridgehead atoms. The highest BCUT2D eigenvalue weighted by Gasteiger charge is 2.52. The predicted molar refractivity (Wildman–Crippen MR) is 145 cm³/mol. The molecule has 2 N–H and O–H groups in total. The number of hydrogen-bond donors (Lipinski definition) is 2. The molecular formula is C30H53O5P. The average molecular weight is 525 g/mol. The van der Waals surface area contributed by atoms with Crippen molar-refractivity contribution < 1.29 is 24.3 Å². The first kappa shape index (κ1) is 27.6. The van der Waals surface area contributed by atoms with Crippen molar-refractivity contribution in [2.45, 2.75) is 188 Å². The minimum Gasteiger partial charge on any atom is -0.393 e. The van der Waals surface area contributed by atoms with Crippen LogP contribution in [0.5, 0.6) is 0 Å². The number of rotatable bonds is 7. The lowest BCUT2D eigenvalue weighted by Gasteiger charge is -2.49. The van der Waals surface area contributed by atoms with E-state index in [1.807, 2.05) is 0 Å². The first-order valence-electron chi connectivity index (χ1n) is 15.8. The van der Waals surface area contributed by atoms with Crippen LogP contribution >= 0.6 is 7.14 Å². The summed E-state index contributed by atoms with van der Waals surface area (Å²) in [6, 6.07) is 0. The molecule has 0 aromatic rings. The molecule has 0 amide bonds. The van der Waals surface area contributed by atoms with Gasteiger partial charge in [-0.2, -0.15) is 0 Å². The molecule has 5 aliphatic carbocycles. The molecule has 0 spiro atoms. The van der Waals surface area contributed by atoms with E-state index in [9.17, 15) is 10.2 Å². The quantitative estimate of drug-likeness (QED) is 0.353. The molecule has 3 unspecified atom stereocenters. The molecule has 0 aromatic heterocycles. The Bertz CT molecular complexity index is 680. The summed E-state index contributed by atoms with van der Waals surface area (Å²) in [5.41, 5.74) is 0.924. The third kappa shape index (κ3) is 6.61. The fourth-order valence-corrected chi connectivity index (χ4v) is 13.8. The maximum atomic E-state index is 15.7. The highest BCUT2D eigenvalue weighted by molar-refractivity contribution is 7.66. The maximum absolute atomic E-state index is 15.7. The Labute approximate surface area is 219 Å². The lowest BCUT2D eigenvalue weighted by molar-refractivity contribution is -0.100. The largest absolute Gasteiger partial charge is 0.393 e. The zero-order valence-corrected chi connectivity index (χ0v) is 23.5. The van der Waals surface area contributed by atoms with Crippen LogP contribution in [0.15, 0.2) is 0 Å². The van der Waals surface area contributed by atoms with Crippen molar-refractivity contribution >= 4 is 7.14 Å². The van der Waals surface area contributed by atoms with E-state index in [0.717, 1.165) is 96.3 Å². The van der Waals surface area contributed by atoms with Crippen molar-refractivity contribution in [3.63, 3.8) is 0 Å². The van der Waals surface area contributed by atoms with Gasteiger partial charge in [0.15, 0.2) is 0 Å². The Morgan fingerprint density at radius 2 is 0.944 bits per heavy atom. The van der Waals surface area contributed by atoms with Gasteiger partial charge in [-0.25, -0.2) is 0 Å². The number of hydrogen-bond acceptors (Lipinski definition) is 5. The van der Waals surface area contributed by atoms with E-state index < -0.39 is 7.14 Å². The van der Waals surface area contributed by atoms with Crippen LogP contribution < -0.4 is 0 Å². The molecule has 0 radical (unpaired) electrons. The summed E-state index contributed by atoms with van der Waals surface area (Å²) in [6.07, 6.45) is 22.6.